The normalized spacial score (nSPS) is 16.4. The summed E-state index contributed by atoms with van der Waals surface area (Å²) in [6.07, 6.45) is 2.90. The second-order valence-corrected chi connectivity index (χ2v) is 10.4. The molecule has 1 aliphatic rings. The minimum Gasteiger partial charge on any atom is -0.494 e. The van der Waals surface area contributed by atoms with Crippen LogP contribution in [-0.4, -0.2) is 45.7 Å². The van der Waals surface area contributed by atoms with Gasteiger partial charge in [0.2, 0.25) is 9.84 Å². The molecular weight excluding hydrogens is 452 g/mol. The van der Waals surface area contributed by atoms with E-state index in [0.717, 1.165) is 12.0 Å². The lowest BCUT2D eigenvalue weighted by Crippen LogP contribution is -2.40. The van der Waals surface area contributed by atoms with Gasteiger partial charge in [-0.15, -0.1) is 0 Å². The number of carbonyl (C=O) groups is 1. The molecule has 1 atom stereocenters. The summed E-state index contributed by atoms with van der Waals surface area (Å²) in [5.41, 5.74) is 2.20. The van der Waals surface area contributed by atoms with Crippen LogP contribution in [0.2, 0.25) is 0 Å². The van der Waals surface area contributed by atoms with Gasteiger partial charge in [-0.3, -0.25) is 9.78 Å². The maximum absolute atomic E-state index is 13.8. The fourth-order valence-electron chi connectivity index (χ4n) is 4.40. The Labute approximate surface area is 200 Å². The van der Waals surface area contributed by atoms with E-state index >= 15 is 0 Å². The lowest BCUT2D eigenvalue weighted by atomic mass is 9.97. The Morgan fingerprint density at radius 2 is 1.88 bits per heavy atom. The van der Waals surface area contributed by atoms with E-state index in [1.165, 1.54) is 6.20 Å². The quantitative estimate of drug-likeness (QED) is 0.457. The van der Waals surface area contributed by atoms with Crippen molar-refractivity contribution in [3.05, 3.63) is 54.2 Å². The van der Waals surface area contributed by atoms with Crippen LogP contribution < -0.4 is 9.64 Å². The number of fused-ring (bicyclic) bond motifs is 1. The van der Waals surface area contributed by atoms with Crippen molar-refractivity contribution in [3.63, 3.8) is 0 Å². The second kappa shape index (κ2) is 10.0. The van der Waals surface area contributed by atoms with Crippen molar-refractivity contribution in [1.29, 1.82) is 0 Å². The molecule has 8 heteroatoms. The summed E-state index contributed by atoms with van der Waals surface area (Å²) in [4.78, 5) is 19.3. The van der Waals surface area contributed by atoms with Crippen LogP contribution >= 0.6 is 0 Å². The molecule has 34 heavy (non-hydrogen) atoms. The molecule has 3 aromatic rings. The highest BCUT2D eigenvalue weighted by Crippen LogP contribution is 2.39. The first-order valence-corrected chi connectivity index (χ1v) is 13.1. The molecule has 7 nitrogen and oxygen atoms in total. The number of esters is 1. The summed E-state index contributed by atoms with van der Waals surface area (Å²) >= 11 is 0. The van der Waals surface area contributed by atoms with E-state index in [1.807, 2.05) is 36.9 Å². The molecular formula is C26H30N2O5S. The number of anilines is 1. The van der Waals surface area contributed by atoms with Gasteiger partial charge >= 0.3 is 5.97 Å². The first kappa shape index (κ1) is 24.0. The molecule has 0 radical (unpaired) electrons. The minimum atomic E-state index is -3.86. The average molecular weight is 483 g/mol. The summed E-state index contributed by atoms with van der Waals surface area (Å²) in [6, 6.07) is 12.3. The van der Waals surface area contributed by atoms with Crippen molar-refractivity contribution >= 4 is 32.4 Å². The highest BCUT2D eigenvalue weighted by molar-refractivity contribution is 7.91. The number of aryl methyl sites for hydroxylation is 1. The molecule has 0 saturated carbocycles. The fraction of sp³-hybridized carbons (Fsp3) is 0.385. The van der Waals surface area contributed by atoms with E-state index in [2.05, 4.69) is 4.98 Å². The van der Waals surface area contributed by atoms with Gasteiger partial charge in [0.15, 0.2) is 0 Å². The monoisotopic (exact) mass is 482 g/mol. The molecule has 1 unspecified atom stereocenters. The molecule has 1 aliphatic heterocycles. The van der Waals surface area contributed by atoms with E-state index in [9.17, 15) is 13.2 Å². The van der Waals surface area contributed by atoms with Crippen LogP contribution in [0, 0.1) is 12.8 Å². The topological polar surface area (TPSA) is 85.8 Å². The molecule has 1 aromatic heterocycles. The standard InChI is InChI=1S/C26H30N2O5S/c1-4-32-20-10-13-23-22(15-20)25(28-14-6-7-19(17-28)26(29)33-5-2)24(16-27-23)34(30,31)21-11-8-18(3)9-12-21/h8-13,15-16,19H,4-7,14,17H2,1-3H3. The number of ether oxygens (including phenoxy) is 2. The number of carbonyl (C=O) groups excluding carboxylic acids is 1. The van der Waals surface area contributed by atoms with Gasteiger partial charge in [-0.1, -0.05) is 17.7 Å². The number of pyridine rings is 1. The Hall–Kier alpha value is -3.13. The molecule has 0 amide bonds. The first-order chi connectivity index (χ1) is 16.3. The van der Waals surface area contributed by atoms with Gasteiger partial charge in [-0.2, -0.15) is 0 Å². The van der Waals surface area contributed by atoms with Crippen LogP contribution in [0.15, 0.2) is 58.5 Å². The van der Waals surface area contributed by atoms with Crippen molar-refractivity contribution in [2.24, 2.45) is 5.92 Å². The van der Waals surface area contributed by atoms with E-state index in [0.29, 0.717) is 55.1 Å². The molecule has 0 spiro atoms. The molecule has 180 valence electrons. The van der Waals surface area contributed by atoms with Crippen molar-refractivity contribution in [2.45, 2.75) is 43.4 Å². The van der Waals surface area contributed by atoms with Crippen LogP contribution in [0.1, 0.15) is 32.3 Å². The lowest BCUT2D eigenvalue weighted by Gasteiger charge is -2.35. The van der Waals surface area contributed by atoms with Gasteiger partial charge < -0.3 is 14.4 Å². The van der Waals surface area contributed by atoms with Gasteiger partial charge in [0, 0.05) is 24.7 Å². The number of benzene rings is 2. The smallest absolute Gasteiger partial charge is 0.310 e. The Balaban J connectivity index is 1.90. The van der Waals surface area contributed by atoms with Crippen molar-refractivity contribution in [1.82, 2.24) is 4.98 Å². The summed E-state index contributed by atoms with van der Waals surface area (Å²) in [6.45, 7) is 7.42. The van der Waals surface area contributed by atoms with E-state index in [4.69, 9.17) is 9.47 Å². The zero-order valence-corrected chi connectivity index (χ0v) is 20.6. The number of piperidine rings is 1. The van der Waals surface area contributed by atoms with Crippen molar-refractivity contribution in [2.75, 3.05) is 31.2 Å². The van der Waals surface area contributed by atoms with Gasteiger partial charge in [0.25, 0.3) is 0 Å². The van der Waals surface area contributed by atoms with Crippen molar-refractivity contribution < 1.29 is 22.7 Å². The predicted molar refractivity (Wildman–Crippen MR) is 131 cm³/mol. The molecule has 1 saturated heterocycles. The van der Waals surface area contributed by atoms with Gasteiger partial charge in [-0.05, 0) is 63.9 Å². The SMILES string of the molecule is CCOC(=O)C1CCCN(c2c(S(=O)(=O)c3ccc(C)cc3)cnc3ccc(OCC)cc23)C1. The van der Waals surface area contributed by atoms with Gasteiger partial charge in [-0.25, -0.2) is 8.42 Å². The van der Waals surface area contributed by atoms with E-state index < -0.39 is 9.84 Å². The lowest BCUT2D eigenvalue weighted by molar-refractivity contribution is -0.148. The number of aromatic nitrogens is 1. The third kappa shape index (κ3) is 4.73. The average Bonchev–Trinajstić information content (AvgIpc) is 2.84. The summed E-state index contributed by atoms with van der Waals surface area (Å²) in [5.74, 6) is 0.0762. The molecule has 4 rings (SSSR count). The summed E-state index contributed by atoms with van der Waals surface area (Å²) < 4.78 is 38.5. The summed E-state index contributed by atoms with van der Waals surface area (Å²) in [7, 11) is -3.86. The molecule has 2 heterocycles. The highest BCUT2D eigenvalue weighted by atomic mass is 32.2. The first-order valence-electron chi connectivity index (χ1n) is 11.6. The second-order valence-electron chi connectivity index (χ2n) is 8.44. The highest BCUT2D eigenvalue weighted by Gasteiger charge is 2.32. The molecule has 0 bridgehead atoms. The molecule has 0 N–H and O–H groups in total. The van der Waals surface area contributed by atoms with Crippen molar-refractivity contribution in [3.8, 4) is 5.75 Å². The number of rotatable bonds is 7. The largest absolute Gasteiger partial charge is 0.494 e. The molecule has 2 aromatic carbocycles. The van der Waals surface area contributed by atoms with Crippen LogP contribution in [0.5, 0.6) is 5.75 Å². The van der Waals surface area contributed by atoms with Crippen LogP contribution in [-0.2, 0) is 19.4 Å². The van der Waals surface area contributed by atoms with E-state index in [1.54, 1.807) is 31.2 Å². The summed E-state index contributed by atoms with van der Waals surface area (Å²) in [5, 5.41) is 0.684. The maximum atomic E-state index is 13.8. The van der Waals surface area contributed by atoms with E-state index in [-0.39, 0.29) is 21.7 Å². The van der Waals surface area contributed by atoms with Crippen LogP contribution in [0.25, 0.3) is 10.9 Å². The Morgan fingerprint density at radius 1 is 1.12 bits per heavy atom. The zero-order valence-electron chi connectivity index (χ0n) is 19.8. The third-order valence-corrected chi connectivity index (χ3v) is 7.84. The predicted octanol–water partition coefficient (Wildman–Crippen LogP) is 4.55. The fourth-order valence-corrected chi connectivity index (χ4v) is 5.83. The van der Waals surface area contributed by atoms with Crippen LogP contribution in [0.4, 0.5) is 5.69 Å². The maximum Gasteiger partial charge on any atom is 0.310 e. The number of hydrogen-bond donors (Lipinski definition) is 0. The van der Waals surface area contributed by atoms with Gasteiger partial charge in [0.05, 0.1) is 35.2 Å². The third-order valence-electron chi connectivity index (χ3n) is 6.07. The minimum absolute atomic E-state index is 0.127. The Bertz CT molecular complexity index is 1290. The van der Waals surface area contributed by atoms with Gasteiger partial charge in [0.1, 0.15) is 10.6 Å². The molecule has 0 aliphatic carbocycles. The van der Waals surface area contributed by atoms with Crippen LogP contribution in [0.3, 0.4) is 0 Å². The number of nitrogens with zero attached hydrogens (tertiary/aromatic N) is 2. The Kier molecular flexibility index (Phi) is 7.07. The zero-order chi connectivity index (χ0) is 24.3. The Morgan fingerprint density at radius 3 is 2.59 bits per heavy atom. The number of sulfone groups is 1. The number of hydrogen-bond acceptors (Lipinski definition) is 7. The molecule has 1 fully saturated rings.